The molecule has 0 aliphatic carbocycles. The summed E-state index contributed by atoms with van der Waals surface area (Å²) in [6.45, 7) is 1.91. The predicted molar refractivity (Wildman–Crippen MR) is 74.8 cm³/mol. The molecular formula is C12H18ClN3O2. The molecule has 6 heteroatoms. The molecule has 0 bridgehead atoms. The van der Waals surface area contributed by atoms with Crippen molar-refractivity contribution in [2.45, 2.75) is 6.42 Å². The molecule has 1 heterocycles. The van der Waals surface area contributed by atoms with Crippen molar-refractivity contribution in [3.63, 3.8) is 0 Å². The van der Waals surface area contributed by atoms with E-state index in [-0.39, 0.29) is 18.3 Å². The number of hydrogen-bond donors (Lipinski definition) is 2. The van der Waals surface area contributed by atoms with Gasteiger partial charge >= 0.3 is 0 Å². The molecule has 0 fully saturated rings. The summed E-state index contributed by atoms with van der Waals surface area (Å²) in [6.07, 6.45) is 0.337. The highest BCUT2D eigenvalue weighted by Crippen LogP contribution is 2.33. The van der Waals surface area contributed by atoms with Crippen LogP contribution in [0.2, 0.25) is 0 Å². The molecule has 0 unspecified atom stereocenters. The van der Waals surface area contributed by atoms with E-state index in [0.29, 0.717) is 19.6 Å². The van der Waals surface area contributed by atoms with Crippen LogP contribution in [0.15, 0.2) is 18.2 Å². The van der Waals surface area contributed by atoms with Crippen molar-refractivity contribution >= 4 is 29.7 Å². The fraction of sp³-hybridized carbons (Fsp3) is 0.417. The van der Waals surface area contributed by atoms with Crippen molar-refractivity contribution in [2.75, 3.05) is 37.0 Å². The topological polar surface area (TPSA) is 67.6 Å². The smallest absolute Gasteiger partial charge is 0.225 e. The van der Waals surface area contributed by atoms with Gasteiger partial charge in [-0.05, 0) is 18.2 Å². The maximum Gasteiger partial charge on any atom is 0.225 e. The number of rotatable bonds is 3. The third-order valence-corrected chi connectivity index (χ3v) is 2.71. The Morgan fingerprint density at radius 3 is 3.06 bits per heavy atom. The zero-order valence-electron chi connectivity index (χ0n) is 10.3. The first kappa shape index (κ1) is 14.6. The summed E-state index contributed by atoms with van der Waals surface area (Å²) in [6, 6.07) is 5.64. The third kappa shape index (κ3) is 3.27. The fourth-order valence-corrected chi connectivity index (χ4v) is 1.78. The van der Waals surface area contributed by atoms with E-state index in [4.69, 9.17) is 10.5 Å². The van der Waals surface area contributed by atoms with Crippen LogP contribution in [-0.4, -0.2) is 32.7 Å². The van der Waals surface area contributed by atoms with Gasteiger partial charge in [0.05, 0.1) is 12.2 Å². The molecule has 1 amide bonds. The lowest BCUT2D eigenvalue weighted by Crippen LogP contribution is -2.28. The standard InChI is InChI=1S/C12H17N3O2.ClH/c1-15-6-7-17-11-3-2-9(8-10(11)15)14-12(16)4-5-13;/h2-3,8H,4-7,13H2,1H3,(H,14,16);1H. The maximum absolute atomic E-state index is 11.4. The molecule has 1 aromatic rings. The van der Waals surface area contributed by atoms with Crippen molar-refractivity contribution in [2.24, 2.45) is 5.73 Å². The van der Waals surface area contributed by atoms with E-state index in [9.17, 15) is 4.79 Å². The van der Waals surface area contributed by atoms with E-state index in [0.717, 1.165) is 23.7 Å². The summed E-state index contributed by atoms with van der Waals surface area (Å²) in [5.41, 5.74) is 7.11. The van der Waals surface area contributed by atoms with E-state index >= 15 is 0 Å². The number of benzene rings is 1. The number of halogens is 1. The summed E-state index contributed by atoms with van der Waals surface area (Å²) in [4.78, 5) is 13.5. The second-order valence-corrected chi connectivity index (χ2v) is 4.04. The zero-order valence-corrected chi connectivity index (χ0v) is 11.1. The number of carbonyl (C=O) groups is 1. The second kappa shape index (κ2) is 6.47. The number of amides is 1. The van der Waals surface area contributed by atoms with Crippen LogP contribution in [0.1, 0.15) is 6.42 Å². The van der Waals surface area contributed by atoms with Gasteiger partial charge in [-0.2, -0.15) is 0 Å². The quantitative estimate of drug-likeness (QED) is 0.868. The molecule has 18 heavy (non-hydrogen) atoms. The van der Waals surface area contributed by atoms with Crippen LogP contribution in [0.5, 0.6) is 5.75 Å². The van der Waals surface area contributed by atoms with E-state index in [1.165, 1.54) is 0 Å². The average molecular weight is 272 g/mol. The van der Waals surface area contributed by atoms with Gasteiger partial charge in [0, 0.05) is 25.7 Å². The Balaban J connectivity index is 0.00000162. The Hall–Kier alpha value is -1.46. The number of anilines is 2. The summed E-state index contributed by atoms with van der Waals surface area (Å²) < 4.78 is 5.53. The number of fused-ring (bicyclic) bond motifs is 1. The Morgan fingerprint density at radius 2 is 2.33 bits per heavy atom. The van der Waals surface area contributed by atoms with Crippen LogP contribution in [0.4, 0.5) is 11.4 Å². The number of carbonyl (C=O) groups excluding carboxylic acids is 1. The molecule has 5 nitrogen and oxygen atoms in total. The second-order valence-electron chi connectivity index (χ2n) is 4.04. The molecule has 1 aliphatic rings. The maximum atomic E-state index is 11.4. The van der Waals surface area contributed by atoms with E-state index in [1.807, 2.05) is 25.2 Å². The molecule has 0 radical (unpaired) electrons. The minimum atomic E-state index is -0.0631. The van der Waals surface area contributed by atoms with Crippen LogP contribution < -0.4 is 20.7 Å². The number of hydrogen-bond acceptors (Lipinski definition) is 4. The average Bonchev–Trinajstić information content (AvgIpc) is 2.30. The Labute approximate surface area is 113 Å². The minimum Gasteiger partial charge on any atom is -0.490 e. The molecule has 100 valence electrons. The number of ether oxygens (including phenoxy) is 1. The molecule has 2 rings (SSSR count). The largest absolute Gasteiger partial charge is 0.490 e. The molecule has 1 aromatic carbocycles. The van der Waals surface area contributed by atoms with Gasteiger partial charge in [-0.1, -0.05) is 0 Å². The first-order valence-electron chi connectivity index (χ1n) is 5.68. The molecule has 0 aromatic heterocycles. The van der Waals surface area contributed by atoms with Gasteiger partial charge in [0.1, 0.15) is 12.4 Å². The number of nitrogens with two attached hydrogens (primary N) is 1. The van der Waals surface area contributed by atoms with Gasteiger partial charge in [0.15, 0.2) is 0 Å². The lowest BCUT2D eigenvalue weighted by Gasteiger charge is -2.28. The molecule has 1 aliphatic heterocycles. The van der Waals surface area contributed by atoms with Crippen molar-refractivity contribution in [3.05, 3.63) is 18.2 Å². The number of nitrogens with zero attached hydrogens (tertiary/aromatic N) is 1. The SMILES string of the molecule is CN1CCOc2ccc(NC(=O)CCN)cc21.Cl. The van der Waals surface area contributed by atoms with Gasteiger partial charge in [-0.25, -0.2) is 0 Å². The minimum absolute atomic E-state index is 0. The van der Waals surface area contributed by atoms with Crippen molar-refractivity contribution in [1.29, 1.82) is 0 Å². The van der Waals surface area contributed by atoms with Crippen molar-refractivity contribution in [1.82, 2.24) is 0 Å². The Bertz CT molecular complexity index is 426. The van der Waals surface area contributed by atoms with Crippen LogP contribution in [-0.2, 0) is 4.79 Å². The molecule has 0 saturated carbocycles. The van der Waals surface area contributed by atoms with Gasteiger partial charge in [0.25, 0.3) is 0 Å². The lowest BCUT2D eigenvalue weighted by molar-refractivity contribution is -0.116. The fourth-order valence-electron chi connectivity index (χ4n) is 1.78. The van der Waals surface area contributed by atoms with E-state index in [2.05, 4.69) is 10.2 Å². The van der Waals surface area contributed by atoms with Crippen LogP contribution in [0.3, 0.4) is 0 Å². The number of likely N-dealkylation sites (N-methyl/N-ethyl adjacent to an activating group) is 1. The van der Waals surface area contributed by atoms with E-state index in [1.54, 1.807) is 0 Å². The predicted octanol–water partition coefficient (Wildman–Crippen LogP) is 1.22. The summed E-state index contributed by atoms with van der Waals surface area (Å²) in [7, 11) is 2.01. The lowest BCUT2D eigenvalue weighted by atomic mass is 10.2. The van der Waals surface area contributed by atoms with Gasteiger partial charge in [-0.15, -0.1) is 12.4 Å². The first-order chi connectivity index (χ1) is 8.20. The first-order valence-corrected chi connectivity index (χ1v) is 5.68. The monoisotopic (exact) mass is 271 g/mol. The molecule has 0 spiro atoms. The van der Waals surface area contributed by atoms with Gasteiger partial charge in [-0.3, -0.25) is 4.79 Å². The molecular weight excluding hydrogens is 254 g/mol. The summed E-state index contributed by atoms with van der Waals surface area (Å²) in [5.74, 6) is 0.794. The van der Waals surface area contributed by atoms with Crippen molar-refractivity contribution < 1.29 is 9.53 Å². The van der Waals surface area contributed by atoms with Gasteiger partial charge < -0.3 is 20.7 Å². The normalized spacial score (nSPS) is 13.1. The van der Waals surface area contributed by atoms with E-state index < -0.39 is 0 Å². The Kier molecular flexibility index (Phi) is 5.25. The van der Waals surface area contributed by atoms with Gasteiger partial charge in [0.2, 0.25) is 5.91 Å². The highest BCUT2D eigenvalue weighted by molar-refractivity contribution is 5.91. The Morgan fingerprint density at radius 1 is 1.56 bits per heavy atom. The summed E-state index contributed by atoms with van der Waals surface area (Å²) in [5, 5.41) is 2.81. The van der Waals surface area contributed by atoms with Crippen LogP contribution >= 0.6 is 12.4 Å². The molecule has 0 atom stereocenters. The molecule has 3 N–H and O–H groups in total. The summed E-state index contributed by atoms with van der Waals surface area (Å²) >= 11 is 0. The van der Waals surface area contributed by atoms with Crippen LogP contribution in [0, 0.1) is 0 Å². The number of nitrogens with one attached hydrogen (secondary N) is 1. The zero-order chi connectivity index (χ0) is 12.3. The highest BCUT2D eigenvalue weighted by atomic mass is 35.5. The highest BCUT2D eigenvalue weighted by Gasteiger charge is 2.15. The third-order valence-electron chi connectivity index (χ3n) is 2.71. The molecule has 0 saturated heterocycles. The van der Waals surface area contributed by atoms with Crippen molar-refractivity contribution in [3.8, 4) is 5.75 Å². The van der Waals surface area contributed by atoms with Crippen LogP contribution in [0.25, 0.3) is 0 Å².